The number of Topliss-reactive ketones (excluding diaryl/α,β-unsaturated/α-hetero) is 1. The number of benzene rings is 2. The second kappa shape index (κ2) is 9.59. The fraction of sp³-hybridized carbons (Fsp3) is 0.417. The number of carbonyl (C=O) groups excluding carboxylic acids is 2. The maximum Gasteiger partial charge on any atom is 0.251 e. The van der Waals surface area contributed by atoms with Crippen LogP contribution < -0.4 is 14.8 Å². The van der Waals surface area contributed by atoms with Crippen molar-refractivity contribution in [3.05, 3.63) is 59.2 Å². The van der Waals surface area contributed by atoms with Gasteiger partial charge in [0.05, 0.1) is 14.2 Å². The van der Waals surface area contributed by atoms with Gasteiger partial charge in [-0.1, -0.05) is 38.0 Å². The molecular formula is C24H29NO4. The lowest BCUT2D eigenvalue weighted by Crippen LogP contribution is -2.41. The number of hydrogen-bond donors (Lipinski definition) is 1. The third kappa shape index (κ3) is 4.78. The van der Waals surface area contributed by atoms with E-state index in [0.717, 1.165) is 31.2 Å². The number of hydrogen-bond acceptors (Lipinski definition) is 4. The largest absolute Gasteiger partial charge is 0.493 e. The number of amides is 1. The van der Waals surface area contributed by atoms with E-state index in [2.05, 4.69) is 11.4 Å². The Kier molecular flexibility index (Phi) is 6.91. The van der Waals surface area contributed by atoms with Crippen LogP contribution in [0.4, 0.5) is 0 Å². The minimum atomic E-state index is -0.0992. The Morgan fingerprint density at radius 2 is 1.59 bits per heavy atom. The Bertz CT molecular complexity index is 860. The lowest BCUT2D eigenvalue weighted by atomic mass is 9.79. The van der Waals surface area contributed by atoms with Crippen molar-refractivity contribution in [2.24, 2.45) is 0 Å². The number of ketones is 1. The van der Waals surface area contributed by atoms with Crippen LogP contribution in [0.2, 0.25) is 0 Å². The van der Waals surface area contributed by atoms with Gasteiger partial charge in [-0.3, -0.25) is 9.59 Å². The van der Waals surface area contributed by atoms with Crippen LogP contribution in [-0.4, -0.2) is 32.0 Å². The summed E-state index contributed by atoms with van der Waals surface area (Å²) >= 11 is 0. The molecule has 1 saturated carbocycles. The van der Waals surface area contributed by atoms with Crippen molar-refractivity contribution in [2.45, 2.75) is 51.0 Å². The van der Waals surface area contributed by atoms with Crippen molar-refractivity contribution >= 4 is 11.7 Å². The Morgan fingerprint density at radius 1 is 0.931 bits per heavy atom. The van der Waals surface area contributed by atoms with Crippen LogP contribution in [0.25, 0.3) is 0 Å². The molecule has 1 N–H and O–H groups in total. The number of carbonyl (C=O) groups is 2. The van der Waals surface area contributed by atoms with Gasteiger partial charge in [-0.25, -0.2) is 0 Å². The van der Waals surface area contributed by atoms with Crippen LogP contribution in [0, 0.1) is 0 Å². The van der Waals surface area contributed by atoms with E-state index < -0.39 is 0 Å². The van der Waals surface area contributed by atoms with E-state index in [9.17, 15) is 9.59 Å². The molecule has 1 aliphatic carbocycles. The predicted molar refractivity (Wildman–Crippen MR) is 113 cm³/mol. The zero-order valence-corrected chi connectivity index (χ0v) is 17.4. The molecule has 0 aromatic heterocycles. The van der Waals surface area contributed by atoms with E-state index in [1.807, 2.05) is 19.1 Å². The lowest BCUT2D eigenvalue weighted by Gasteiger charge is -2.33. The first-order chi connectivity index (χ1) is 14.1. The van der Waals surface area contributed by atoms with Gasteiger partial charge in [-0.15, -0.1) is 0 Å². The van der Waals surface area contributed by atoms with E-state index >= 15 is 0 Å². The summed E-state index contributed by atoms with van der Waals surface area (Å²) < 4.78 is 10.8. The van der Waals surface area contributed by atoms with E-state index in [4.69, 9.17) is 9.47 Å². The SMILES string of the molecule is CCC(=O)c1ccc(C(=O)N[C@@H]2CCCC[C@@H]2c2ccc(OC)c(OC)c2)cc1. The van der Waals surface area contributed by atoms with Crippen LogP contribution in [0.15, 0.2) is 42.5 Å². The minimum Gasteiger partial charge on any atom is -0.493 e. The Morgan fingerprint density at radius 3 is 2.24 bits per heavy atom. The third-order valence-corrected chi connectivity index (χ3v) is 5.71. The molecule has 0 unspecified atom stereocenters. The minimum absolute atomic E-state index is 0.0614. The zero-order chi connectivity index (χ0) is 20.8. The van der Waals surface area contributed by atoms with Gasteiger partial charge in [0.2, 0.25) is 0 Å². The molecule has 0 aliphatic heterocycles. The normalized spacial score (nSPS) is 18.7. The van der Waals surface area contributed by atoms with Crippen molar-refractivity contribution in [3.8, 4) is 11.5 Å². The highest BCUT2D eigenvalue weighted by atomic mass is 16.5. The molecule has 0 bridgehead atoms. The molecule has 0 heterocycles. The number of rotatable bonds is 7. The number of ether oxygens (including phenoxy) is 2. The molecule has 5 nitrogen and oxygen atoms in total. The average molecular weight is 395 g/mol. The van der Waals surface area contributed by atoms with Crippen molar-refractivity contribution in [2.75, 3.05) is 14.2 Å². The topological polar surface area (TPSA) is 64.6 Å². The smallest absolute Gasteiger partial charge is 0.251 e. The van der Waals surface area contributed by atoms with E-state index in [1.165, 1.54) is 0 Å². The van der Waals surface area contributed by atoms with Crippen molar-refractivity contribution in [3.63, 3.8) is 0 Å². The van der Waals surface area contributed by atoms with Gasteiger partial charge in [0, 0.05) is 29.5 Å². The zero-order valence-electron chi connectivity index (χ0n) is 17.4. The first-order valence-corrected chi connectivity index (χ1v) is 10.2. The standard InChI is InChI=1S/C24H29NO4/c1-4-21(26)16-9-11-17(12-10-16)24(27)25-20-8-6-5-7-19(20)18-13-14-22(28-2)23(15-18)29-3/h9-15,19-20H,4-8H2,1-3H3,(H,25,27)/t19-,20-/m1/s1. The highest BCUT2D eigenvalue weighted by molar-refractivity contribution is 5.98. The van der Waals surface area contributed by atoms with Crippen molar-refractivity contribution < 1.29 is 19.1 Å². The van der Waals surface area contributed by atoms with Crippen LogP contribution in [-0.2, 0) is 0 Å². The van der Waals surface area contributed by atoms with Crippen molar-refractivity contribution in [1.29, 1.82) is 0 Å². The molecule has 29 heavy (non-hydrogen) atoms. The van der Waals surface area contributed by atoms with Crippen LogP contribution in [0.5, 0.6) is 11.5 Å². The molecule has 2 aromatic carbocycles. The summed E-state index contributed by atoms with van der Waals surface area (Å²) in [5.41, 5.74) is 2.37. The second-order valence-corrected chi connectivity index (χ2v) is 7.44. The molecule has 2 aromatic rings. The highest BCUT2D eigenvalue weighted by Gasteiger charge is 2.29. The molecule has 0 radical (unpaired) electrons. The molecule has 1 fully saturated rings. The maximum absolute atomic E-state index is 12.8. The van der Waals surface area contributed by atoms with Crippen LogP contribution >= 0.6 is 0 Å². The van der Waals surface area contributed by atoms with Gasteiger partial charge in [0.15, 0.2) is 17.3 Å². The molecular weight excluding hydrogens is 366 g/mol. The summed E-state index contributed by atoms with van der Waals surface area (Å²) in [5, 5.41) is 3.22. The maximum atomic E-state index is 12.8. The molecule has 1 aliphatic rings. The summed E-state index contributed by atoms with van der Waals surface area (Å²) in [6.07, 6.45) is 4.65. The third-order valence-electron chi connectivity index (χ3n) is 5.71. The summed E-state index contributed by atoms with van der Waals surface area (Å²) in [5.74, 6) is 1.62. The summed E-state index contributed by atoms with van der Waals surface area (Å²) in [7, 11) is 3.26. The molecule has 1 amide bonds. The van der Waals surface area contributed by atoms with E-state index in [1.54, 1.807) is 38.5 Å². The van der Waals surface area contributed by atoms with Gasteiger partial charge < -0.3 is 14.8 Å². The first kappa shape index (κ1) is 20.9. The van der Waals surface area contributed by atoms with Gasteiger partial charge >= 0.3 is 0 Å². The fourth-order valence-electron chi connectivity index (χ4n) is 4.05. The fourth-order valence-corrected chi connectivity index (χ4v) is 4.05. The van der Waals surface area contributed by atoms with E-state index in [-0.39, 0.29) is 23.7 Å². The average Bonchev–Trinajstić information content (AvgIpc) is 2.78. The second-order valence-electron chi connectivity index (χ2n) is 7.44. The molecule has 154 valence electrons. The molecule has 5 heteroatoms. The Hall–Kier alpha value is -2.82. The predicted octanol–water partition coefficient (Wildman–Crippen LogP) is 4.75. The first-order valence-electron chi connectivity index (χ1n) is 10.2. The summed E-state index contributed by atoms with van der Waals surface area (Å²) in [6, 6.07) is 13.0. The van der Waals surface area contributed by atoms with Gasteiger partial charge in [0.25, 0.3) is 5.91 Å². The van der Waals surface area contributed by atoms with Crippen molar-refractivity contribution in [1.82, 2.24) is 5.32 Å². The highest BCUT2D eigenvalue weighted by Crippen LogP contribution is 2.37. The monoisotopic (exact) mass is 395 g/mol. The van der Waals surface area contributed by atoms with Gasteiger partial charge in [-0.2, -0.15) is 0 Å². The van der Waals surface area contributed by atoms with Crippen LogP contribution in [0.3, 0.4) is 0 Å². The molecule has 0 spiro atoms. The number of methoxy groups -OCH3 is 2. The Balaban J connectivity index is 1.76. The van der Waals surface area contributed by atoms with Crippen LogP contribution in [0.1, 0.15) is 71.2 Å². The molecule has 3 rings (SSSR count). The lowest BCUT2D eigenvalue weighted by molar-refractivity contribution is 0.0918. The number of nitrogens with one attached hydrogen (secondary N) is 1. The molecule has 0 saturated heterocycles. The summed E-state index contributed by atoms with van der Waals surface area (Å²) in [4.78, 5) is 24.6. The van der Waals surface area contributed by atoms with E-state index in [0.29, 0.717) is 29.0 Å². The van der Waals surface area contributed by atoms with Gasteiger partial charge in [-0.05, 0) is 42.7 Å². The summed E-state index contributed by atoms with van der Waals surface area (Å²) in [6.45, 7) is 1.83. The molecule has 2 atom stereocenters. The quantitative estimate of drug-likeness (QED) is 0.687. The Labute approximate surface area is 172 Å². The van der Waals surface area contributed by atoms with Gasteiger partial charge in [0.1, 0.15) is 0 Å².